The van der Waals surface area contributed by atoms with Crippen LogP contribution in [0.4, 0.5) is 0 Å². The molecule has 10 heavy (non-hydrogen) atoms. The molecule has 0 radical (unpaired) electrons. The first-order valence-corrected chi connectivity index (χ1v) is 3.64. The summed E-state index contributed by atoms with van der Waals surface area (Å²) in [6, 6.07) is 1.77. The Hall–Kier alpha value is -1.16. The first-order chi connectivity index (χ1) is 4.79. The molecule has 0 spiro atoms. The second kappa shape index (κ2) is 1.67. The highest BCUT2D eigenvalue weighted by molar-refractivity contribution is 7.16. The van der Waals surface area contributed by atoms with Gasteiger partial charge in [0.2, 0.25) is 0 Å². The lowest BCUT2D eigenvalue weighted by Gasteiger charge is -1.84. The van der Waals surface area contributed by atoms with Gasteiger partial charge in [-0.1, -0.05) is 0 Å². The second-order valence-corrected chi connectivity index (χ2v) is 2.89. The van der Waals surface area contributed by atoms with E-state index in [1.54, 1.807) is 6.07 Å². The number of thiophene rings is 1. The number of rotatable bonds is 0. The van der Waals surface area contributed by atoms with Crippen molar-refractivity contribution in [2.45, 2.75) is 0 Å². The van der Waals surface area contributed by atoms with Crippen LogP contribution in [0.3, 0.4) is 0 Å². The lowest BCUT2D eigenvalue weighted by Crippen LogP contribution is -1.81. The van der Waals surface area contributed by atoms with E-state index in [2.05, 4.69) is 0 Å². The van der Waals surface area contributed by atoms with Crippen LogP contribution >= 0.6 is 11.3 Å². The standard InChI is InChI=1S/C6H5NO2S/c8-5-3-7(9)6-4(5)1-2-10-6/h1-3,8-9H. The quantitative estimate of drug-likeness (QED) is 0.568. The van der Waals surface area contributed by atoms with Gasteiger partial charge >= 0.3 is 0 Å². The van der Waals surface area contributed by atoms with Crippen molar-refractivity contribution in [1.82, 2.24) is 4.73 Å². The molecule has 0 unspecified atom stereocenters. The second-order valence-electron chi connectivity index (χ2n) is 2.00. The highest BCUT2D eigenvalue weighted by Crippen LogP contribution is 2.29. The van der Waals surface area contributed by atoms with Crippen molar-refractivity contribution in [3.05, 3.63) is 17.6 Å². The Balaban J connectivity index is 2.98. The minimum atomic E-state index is 0.124. The van der Waals surface area contributed by atoms with Crippen LogP contribution < -0.4 is 0 Å². The van der Waals surface area contributed by atoms with Crippen molar-refractivity contribution in [3.8, 4) is 5.75 Å². The minimum Gasteiger partial charge on any atom is -0.506 e. The first-order valence-electron chi connectivity index (χ1n) is 2.76. The van der Waals surface area contributed by atoms with Crippen LogP contribution in [0, 0.1) is 0 Å². The van der Waals surface area contributed by atoms with E-state index in [0.29, 0.717) is 10.2 Å². The summed E-state index contributed by atoms with van der Waals surface area (Å²) >= 11 is 1.39. The van der Waals surface area contributed by atoms with Crippen LogP contribution in [0.15, 0.2) is 17.6 Å². The molecule has 0 aliphatic rings. The van der Waals surface area contributed by atoms with Crippen LogP contribution in [0.5, 0.6) is 5.75 Å². The third kappa shape index (κ3) is 0.537. The number of hydrogen-bond acceptors (Lipinski definition) is 3. The summed E-state index contributed by atoms with van der Waals surface area (Å²) in [6.45, 7) is 0. The van der Waals surface area contributed by atoms with E-state index in [1.807, 2.05) is 5.38 Å². The number of hydrogen-bond donors (Lipinski definition) is 2. The van der Waals surface area contributed by atoms with E-state index >= 15 is 0 Å². The van der Waals surface area contributed by atoms with Gasteiger partial charge in [-0.2, -0.15) is 4.73 Å². The zero-order chi connectivity index (χ0) is 7.14. The molecular formula is C6H5NO2S. The lowest BCUT2D eigenvalue weighted by molar-refractivity contribution is 0.200. The van der Waals surface area contributed by atoms with Crippen molar-refractivity contribution >= 4 is 21.6 Å². The summed E-state index contributed by atoms with van der Waals surface area (Å²) in [5.41, 5.74) is 0. The zero-order valence-corrected chi connectivity index (χ0v) is 5.80. The molecule has 2 N–H and O–H groups in total. The number of aromatic hydroxyl groups is 1. The van der Waals surface area contributed by atoms with Crippen molar-refractivity contribution < 1.29 is 10.3 Å². The largest absolute Gasteiger partial charge is 0.506 e. The van der Waals surface area contributed by atoms with Crippen LogP contribution in [0.25, 0.3) is 10.2 Å². The van der Waals surface area contributed by atoms with Crippen molar-refractivity contribution in [1.29, 1.82) is 0 Å². The van der Waals surface area contributed by atoms with Gasteiger partial charge in [0, 0.05) is 0 Å². The summed E-state index contributed by atoms with van der Waals surface area (Å²) in [5.74, 6) is 0.124. The van der Waals surface area contributed by atoms with Gasteiger partial charge < -0.3 is 10.3 Å². The minimum absolute atomic E-state index is 0.124. The zero-order valence-electron chi connectivity index (χ0n) is 4.98. The van der Waals surface area contributed by atoms with Crippen molar-refractivity contribution in [2.75, 3.05) is 0 Å². The normalized spacial score (nSPS) is 10.8. The molecule has 2 aromatic heterocycles. The molecule has 2 heterocycles. The van der Waals surface area contributed by atoms with Crippen molar-refractivity contribution in [2.24, 2.45) is 0 Å². The summed E-state index contributed by atoms with van der Waals surface area (Å²) in [4.78, 5) is 0.678. The molecule has 0 atom stereocenters. The van der Waals surface area contributed by atoms with E-state index in [0.717, 1.165) is 4.73 Å². The fourth-order valence-electron chi connectivity index (χ4n) is 0.918. The Morgan fingerprint density at radius 2 is 2.30 bits per heavy atom. The van der Waals surface area contributed by atoms with Gasteiger partial charge in [-0.25, -0.2) is 0 Å². The molecule has 2 aromatic rings. The molecule has 0 fully saturated rings. The number of aromatic nitrogens is 1. The Labute approximate surface area is 60.7 Å². The fourth-order valence-corrected chi connectivity index (χ4v) is 1.71. The molecule has 0 aromatic carbocycles. The fraction of sp³-hybridized carbons (Fsp3) is 0. The Morgan fingerprint density at radius 1 is 1.50 bits per heavy atom. The maximum atomic E-state index is 9.11. The van der Waals surface area contributed by atoms with Crippen LogP contribution in [-0.2, 0) is 0 Å². The van der Waals surface area contributed by atoms with Crippen molar-refractivity contribution in [3.63, 3.8) is 0 Å². The van der Waals surface area contributed by atoms with E-state index < -0.39 is 0 Å². The molecular weight excluding hydrogens is 150 g/mol. The molecule has 2 rings (SSSR count). The highest BCUT2D eigenvalue weighted by Gasteiger charge is 2.06. The van der Waals surface area contributed by atoms with Gasteiger partial charge in [-0.15, -0.1) is 11.3 Å². The van der Waals surface area contributed by atoms with E-state index in [4.69, 9.17) is 10.3 Å². The van der Waals surface area contributed by atoms with Crippen LogP contribution in [-0.4, -0.2) is 15.0 Å². The SMILES string of the molecule is Oc1cn(O)c2sccc12. The van der Waals surface area contributed by atoms with Gasteiger partial charge in [-0.05, 0) is 11.4 Å². The summed E-state index contributed by atoms with van der Waals surface area (Å²) in [5, 5.41) is 20.7. The van der Waals surface area contributed by atoms with E-state index in [9.17, 15) is 0 Å². The smallest absolute Gasteiger partial charge is 0.145 e. The maximum Gasteiger partial charge on any atom is 0.145 e. The summed E-state index contributed by atoms with van der Waals surface area (Å²) in [7, 11) is 0. The molecule has 0 amide bonds. The number of fused-ring (bicyclic) bond motifs is 1. The van der Waals surface area contributed by atoms with Gasteiger partial charge in [-0.3, -0.25) is 0 Å². The van der Waals surface area contributed by atoms with Crippen LogP contribution in [0.1, 0.15) is 0 Å². The first kappa shape index (κ1) is 5.61. The number of nitrogens with zero attached hydrogens (tertiary/aromatic N) is 1. The topological polar surface area (TPSA) is 45.4 Å². The molecule has 0 aliphatic heterocycles. The Bertz CT molecular complexity index is 331. The van der Waals surface area contributed by atoms with Crippen LogP contribution in [0.2, 0.25) is 0 Å². The van der Waals surface area contributed by atoms with Gasteiger partial charge in [0.25, 0.3) is 0 Å². The molecule has 0 saturated heterocycles. The monoisotopic (exact) mass is 155 g/mol. The maximum absolute atomic E-state index is 9.11. The average molecular weight is 155 g/mol. The Morgan fingerprint density at radius 3 is 3.00 bits per heavy atom. The van der Waals surface area contributed by atoms with E-state index in [1.165, 1.54) is 17.5 Å². The molecule has 4 heteroatoms. The molecule has 52 valence electrons. The van der Waals surface area contributed by atoms with E-state index in [-0.39, 0.29) is 5.75 Å². The molecule has 0 saturated carbocycles. The van der Waals surface area contributed by atoms with Gasteiger partial charge in [0.15, 0.2) is 0 Å². The molecule has 3 nitrogen and oxygen atoms in total. The predicted octanol–water partition coefficient (Wildman–Crippen LogP) is 1.65. The molecule has 0 aliphatic carbocycles. The third-order valence-electron chi connectivity index (χ3n) is 1.37. The summed E-state index contributed by atoms with van der Waals surface area (Å²) < 4.78 is 0.926. The highest BCUT2D eigenvalue weighted by atomic mass is 32.1. The average Bonchev–Trinajstić information content (AvgIpc) is 2.39. The Kier molecular flexibility index (Phi) is 0.935. The summed E-state index contributed by atoms with van der Waals surface area (Å²) in [6.07, 6.45) is 1.28. The predicted molar refractivity (Wildman–Crippen MR) is 38.7 cm³/mol. The van der Waals surface area contributed by atoms with Gasteiger partial charge in [0.05, 0.1) is 11.6 Å². The third-order valence-corrected chi connectivity index (χ3v) is 2.28. The lowest BCUT2D eigenvalue weighted by atomic mass is 10.4. The van der Waals surface area contributed by atoms with Gasteiger partial charge in [0.1, 0.15) is 10.6 Å². The molecule has 0 bridgehead atoms.